The summed E-state index contributed by atoms with van der Waals surface area (Å²) >= 11 is 0. The molecule has 0 spiro atoms. The van der Waals surface area contributed by atoms with Crippen molar-refractivity contribution in [1.29, 1.82) is 0 Å². The molecule has 0 atom stereocenters. The van der Waals surface area contributed by atoms with Gasteiger partial charge in [0.25, 0.3) is 0 Å². The molecule has 2 aromatic heterocycles. The highest BCUT2D eigenvalue weighted by molar-refractivity contribution is 5.72. The smallest absolute Gasteiger partial charge is 0.111 e. The highest BCUT2D eigenvalue weighted by Crippen LogP contribution is 2.03. The van der Waals surface area contributed by atoms with Gasteiger partial charge in [0, 0.05) is 12.3 Å². The van der Waals surface area contributed by atoms with E-state index in [4.69, 9.17) is 0 Å². The molecule has 0 aromatic carbocycles. The molecular formula is C6H4N3. The van der Waals surface area contributed by atoms with Crippen LogP contribution in [0, 0.1) is 6.07 Å². The molecule has 0 amide bonds. The number of nitrogens with one attached hydrogen (secondary N) is 1. The minimum Gasteiger partial charge on any atom is -0.359 e. The normalized spacial score (nSPS) is 10.2. The van der Waals surface area contributed by atoms with E-state index in [1.54, 1.807) is 6.20 Å². The highest BCUT2D eigenvalue weighted by Gasteiger charge is 1.90. The van der Waals surface area contributed by atoms with Crippen molar-refractivity contribution in [2.45, 2.75) is 0 Å². The molecule has 0 bridgehead atoms. The van der Waals surface area contributed by atoms with E-state index in [0.717, 1.165) is 11.0 Å². The quantitative estimate of drug-likeness (QED) is 0.554. The van der Waals surface area contributed by atoms with Crippen molar-refractivity contribution in [1.82, 2.24) is 15.2 Å². The lowest BCUT2D eigenvalue weighted by Crippen LogP contribution is -1.77. The Bertz CT molecular complexity index is 282. The van der Waals surface area contributed by atoms with Crippen molar-refractivity contribution in [2.75, 3.05) is 0 Å². The number of aromatic nitrogens is 3. The second-order valence-corrected chi connectivity index (χ2v) is 1.73. The summed E-state index contributed by atoms with van der Waals surface area (Å²) in [6.07, 6.45) is 3.36. The third kappa shape index (κ3) is 0.579. The zero-order chi connectivity index (χ0) is 6.10. The van der Waals surface area contributed by atoms with Crippen LogP contribution in [0.5, 0.6) is 0 Å². The number of hydrogen-bond acceptors (Lipinski definition) is 2. The summed E-state index contributed by atoms with van der Waals surface area (Å²) in [6, 6.07) is 4.76. The van der Waals surface area contributed by atoms with Crippen LogP contribution in [0.4, 0.5) is 0 Å². The van der Waals surface area contributed by atoms with Crippen LogP contribution >= 0.6 is 0 Å². The Balaban J connectivity index is 2.95. The molecular weight excluding hydrogens is 114 g/mol. The second-order valence-electron chi connectivity index (χ2n) is 1.73. The molecule has 0 saturated carbocycles. The van der Waals surface area contributed by atoms with Crippen molar-refractivity contribution < 1.29 is 0 Å². The van der Waals surface area contributed by atoms with Gasteiger partial charge in [0.15, 0.2) is 0 Å². The minimum atomic E-state index is 0.859. The fraction of sp³-hybridized carbons (Fsp3) is 0. The standard InChI is InChI=1S/C6H4N3/c1-3-7-5-2-4-8-9-6(1)5/h1,3-4,7H. The largest absolute Gasteiger partial charge is 0.359 e. The Labute approximate surface area is 51.7 Å². The van der Waals surface area contributed by atoms with Gasteiger partial charge in [0.05, 0.1) is 11.7 Å². The lowest BCUT2D eigenvalue weighted by atomic mass is 10.4. The zero-order valence-corrected chi connectivity index (χ0v) is 4.63. The molecule has 0 aliphatic heterocycles. The number of nitrogens with zero attached hydrogens (tertiary/aromatic N) is 2. The summed E-state index contributed by atoms with van der Waals surface area (Å²) in [5.41, 5.74) is 1.77. The van der Waals surface area contributed by atoms with Gasteiger partial charge in [-0.25, -0.2) is 0 Å². The van der Waals surface area contributed by atoms with Crippen LogP contribution in [-0.2, 0) is 0 Å². The number of hydrogen-bond donors (Lipinski definition) is 1. The van der Waals surface area contributed by atoms with Gasteiger partial charge < -0.3 is 4.98 Å². The molecule has 0 aliphatic carbocycles. The maximum absolute atomic E-state index is 3.83. The summed E-state index contributed by atoms with van der Waals surface area (Å²) in [7, 11) is 0. The van der Waals surface area contributed by atoms with Crippen LogP contribution in [0.1, 0.15) is 0 Å². The summed E-state index contributed by atoms with van der Waals surface area (Å²) < 4.78 is 0. The van der Waals surface area contributed by atoms with Crippen LogP contribution in [-0.4, -0.2) is 15.2 Å². The van der Waals surface area contributed by atoms with Crippen molar-refractivity contribution in [2.24, 2.45) is 0 Å². The van der Waals surface area contributed by atoms with Gasteiger partial charge in [0.1, 0.15) is 5.52 Å². The van der Waals surface area contributed by atoms with Gasteiger partial charge in [-0.3, -0.25) is 0 Å². The maximum Gasteiger partial charge on any atom is 0.111 e. The van der Waals surface area contributed by atoms with Crippen LogP contribution < -0.4 is 0 Å². The van der Waals surface area contributed by atoms with E-state index < -0.39 is 0 Å². The molecule has 2 aromatic rings. The van der Waals surface area contributed by atoms with Crippen molar-refractivity contribution in [3.63, 3.8) is 0 Å². The van der Waals surface area contributed by atoms with Crippen LogP contribution in [0.15, 0.2) is 18.5 Å². The summed E-state index contributed by atoms with van der Waals surface area (Å²) in [5, 5.41) is 7.49. The molecule has 43 valence electrons. The third-order valence-electron chi connectivity index (χ3n) is 1.16. The van der Waals surface area contributed by atoms with Gasteiger partial charge in [-0.2, -0.15) is 5.10 Å². The van der Waals surface area contributed by atoms with Crippen molar-refractivity contribution in [3.05, 3.63) is 24.5 Å². The first kappa shape index (κ1) is 4.49. The Kier molecular flexibility index (Phi) is 0.773. The molecule has 1 N–H and O–H groups in total. The monoisotopic (exact) mass is 118 g/mol. The highest BCUT2D eigenvalue weighted by atomic mass is 15.1. The SMILES string of the molecule is [c]1cnnc2cc[nH]c12. The number of fused-ring (bicyclic) bond motifs is 1. The molecule has 2 heterocycles. The average Bonchev–Trinajstić information content (AvgIpc) is 2.33. The molecule has 0 aliphatic rings. The molecule has 1 radical (unpaired) electrons. The third-order valence-corrected chi connectivity index (χ3v) is 1.16. The molecule has 3 heteroatoms. The van der Waals surface area contributed by atoms with E-state index >= 15 is 0 Å². The van der Waals surface area contributed by atoms with Gasteiger partial charge in [-0.05, 0) is 6.07 Å². The second kappa shape index (κ2) is 1.55. The average molecular weight is 118 g/mol. The van der Waals surface area contributed by atoms with E-state index in [2.05, 4.69) is 21.2 Å². The first-order chi connectivity index (χ1) is 4.47. The fourth-order valence-corrected chi connectivity index (χ4v) is 0.745. The molecule has 0 unspecified atom stereocenters. The van der Waals surface area contributed by atoms with Crippen molar-refractivity contribution >= 4 is 11.0 Å². The summed E-state index contributed by atoms with van der Waals surface area (Å²) in [4.78, 5) is 2.96. The first-order valence-corrected chi connectivity index (χ1v) is 2.63. The first-order valence-electron chi connectivity index (χ1n) is 2.63. The van der Waals surface area contributed by atoms with Gasteiger partial charge in [-0.15, -0.1) is 5.10 Å². The zero-order valence-electron chi connectivity index (χ0n) is 4.63. The molecule has 0 fully saturated rings. The molecule has 9 heavy (non-hydrogen) atoms. The molecule has 3 nitrogen and oxygen atoms in total. The van der Waals surface area contributed by atoms with E-state index in [0.29, 0.717) is 0 Å². The predicted molar refractivity (Wildman–Crippen MR) is 32.7 cm³/mol. The Morgan fingerprint density at radius 2 is 2.56 bits per heavy atom. The maximum atomic E-state index is 3.83. The predicted octanol–water partition coefficient (Wildman–Crippen LogP) is 0.758. The lowest BCUT2D eigenvalue weighted by molar-refractivity contribution is 1.07. The summed E-state index contributed by atoms with van der Waals surface area (Å²) in [6.45, 7) is 0. The van der Waals surface area contributed by atoms with Crippen LogP contribution in [0.2, 0.25) is 0 Å². The fourth-order valence-electron chi connectivity index (χ4n) is 0.745. The van der Waals surface area contributed by atoms with Gasteiger partial charge in [0.2, 0.25) is 0 Å². The Morgan fingerprint density at radius 3 is 3.44 bits per heavy atom. The van der Waals surface area contributed by atoms with Crippen molar-refractivity contribution in [3.8, 4) is 0 Å². The number of H-pyrrole nitrogens is 1. The summed E-state index contributed by atoms with van der Waals surface area (Å²) in [5.74, 6) is 0. The lowest BCUT2D eigenvalue weighted by Gasteiger charge is -1.80. The Morgan fingerprint density at radius 1 is 1.56 bits per heavy atom. The van der Waals surface area contributed by atoms with Gasteiger partial charge in [-0.1, -0.05) is 0 Å². The van der Waals surface area contributed by atoms with Crippen LogP contribution in [0.3, 0.4) is 0 Å². The van der Waals surface area contributed by atoms with E-state index in [1.807, 2.05) is 12.3 Å². The minimum absolute atomic E-state index is 0.859. The Hall–Kier alpha value is -1.38. The number of aromatic amines is 1. The van der Waals surface area contributed by atoms with Crippen LogP contribution in [0.25, 0.3) is 11.0 Å². The molecule has 0 saturated heterocycles. The van der Waals surface area contributed by atoms with E-state index in [1.165, 1.54) is 0 Å². The topological polar surface area (TPSA) is 41.6 Å². The van der Waals surface area contributed by atoms with E-state index in [-0.39, 0.29) is 0 Å². The number of rotatable bonds is 0. The van der Waals surface area contributed by atoms with Gasteiger partial charge >= 0.3 is 0 Å². The molecule has 2 rings (SSSR count). The van der Waals surface area contributed by atoms with E-state index in [9.17, 15) is 0 Å².